The Morgan fingerprint density at radius 3 is 2.75 bits per heavy atom. The van der Waals surface area contributed by atoms with E-state index < -0.39 is 0 Å². The first-order chi connectivity index (χ1) is 7.71. The van der Waals surface area contributed by atoms with Gasteiger partial charge in [0, 0.05) is 18.3 Å². The number of carbonyl (C=O) groups excluding carboxylic acids is 1. The molecule has 0 N–H and O–H groups in total. The number of aromatic nitrogens is 1. The molecule has 0 bridgehead atoms. The smallest absolute Gasteiger partial charge is 0.196 e. The molecule has 1 aromatic heterocycles. The highest BCUT2D eigenvalue weighted by molar-refractivity contribution is 7.09. The number of halogens is 1. The van der Waals surface area contributed by atoms with Crippen LogP contribution in [0.1, 0.15) is 29.3 Å². The molecular formula is C11H17ClN2OS. The first kappa shape index (κ1) is 13.6. The van der Waals surface area contributed by atoms with Crippen LogP contribution in [0.25, 0.3) is 0 Å². The molecule has 0 aliphatic heterocycles. The summed E-state index contributed by atoms with van der Waals surface area (Å²) < 4.78 is 0. The number of alkyl halides is 1. The number of nitrogens with zero attached hydrogens (tertiary/aromatic N) is 2. The van der Waals surface area contributed by atoms with E-state index in [0.717, 1.165) is 31.1 Å². The number of thiazole rings is 1. The van der Waals surface area contributed by atoms with Crippen LogP contribution in [0, 0.1) is 0 Å². The summed E-state index contributed by atoms with van der Waals surface area (Å²) in [6.07, 6.45) is 0.905. The maximum atomic E-state index is 11.3. The Kier molecular flexibility index (Phi) is 5.95. The van der Waals surface area contributed by atoms with Gasteiger partial charge in [-0.3, -0.25) is 4.79 Å². The van der Waals surface area contributed by atoms with Crippen LogP contribution < -0.4 is 0 Å². The van der Waals surface area contributed by atoms with Crippen LogP contribution in [0.4, 0.5) is 0 Å². The van der Waals surface area contributed by atoms with Crippen molar-refractivity contribution in [3.63, 3.8) is 0 Å². The summed E-state index contributed by atoms with van der Waals surface area (Å²) in [6, 6.07) is 0. The molecule has 0 saturated carbocycles. The second kappa shape index (κ2) is 6.99. The molecule has 1 rings (SSSR count). The Morgan fingerprint density at radius 2 is 2.19 bits per heavy atom. The topological polar surface area (TPSA) is 33.2 Å². The van der Waals surface area contributed by atoms with Crippen LogP contribution >= 0.6 is 22.9 Å². The second-order valence-electron chi connectivity index (χ2n) is 3.46. The lowest BCUT2D eigenvalue weighted by Gasteiger charge is -2.16. The second-order valence-corrected chi connectivity index (χ2v) is 4.67. The Morgan fingerprint density at radius 1 is 1.50 bits per heavy atom. The number of Topliss-reactive ketones (excluding diaryl/α,β-unsaturated/α-hetero) is 1. The van der Waals surface area contributed by atoms with E-state index in [4.69, 9.17) is 11.6 Å². The van der Waals surface area contributed by atoms with Gasteiger partial charge in [-0.25, -0.2) is 4.98 Å². The Balaban J connectivity index is 2.49. The van der Waals surface area contributed by atoms with Crippen LogP contribution in [0.5, 0.6) is 0 Å². The molecule has 0 aromatic carbocycles. The average molecular weight is 261 g/mol. The number of ketones is 1. The van der Waals surface area contributed by atoms with Crippen molar-refractivity contribution in [1.29, 1.82) is 0 Å². The van der Waals surface area contributed by atoms with Gasteiger partial charge in [-0.15, -0.1) is 22.9 Å². The molecular weight excluding hydrogens is 244 g/mol. The minimum absolute atomic E-state index is 0.0131. The fraction of sp³-hybridized carbons (Fsp3) is 0.636. The highest BCUT2D eigenvalue weighted by Crippen LogP contribution is 2.12. The van der Waals surface area contributed by atoms with Crippen molar-refractivity contribution in [2.24, 2.45) is 0 Å². The van der Waals surface area contributed by atoms with E-state index in [9.17, 15) is 4.79 Å². The molecule has 0 amide bonds. The molecule has 0 spiro atoms. The molecule has 5 heteroatoms. The number of carbonyl (C=O) groups is 1. The highest BCUT2D eigenvalue weighted by Gasteiger charge is 2.09. The number of likely N-dealkylation sites (N-methyl/N-ethyl adjacent to an activating group) is 1. The minimum Gasteiger partial charge on any atom is -0.303 e. The predicted octanol–water partition coefficient (Wildman–Crippen LogP) is 2.45. The van der Waals surface area contributed by atoms with Crippen molar-refractivity contribution in [2.45, 2.75) is 20.3 Å². The van der Waals surface area contributed by atoms with Crippen molar-refractivity contribution in [2.75, 3.05) is 25.5 Å². The lowest BCUT2D eigenvalue weighted by molar-refractivity contribution is 0.101. The SMILES string of the molecule is CCN(CC)CCc1nc(C(=O)CCl)cs1. The van der Waals surface area contributed by atoms with Gasteiger partial charge in [0.15, 0.2) is 5.78 Å². The summed E-state index contributed by atoms with van der Waals surface area (Å²) in [5, 5.41) is 2.81. The molecule has 90 valence electrons. The molecule has 1 heterocycles. The summed E-state index contributed by atoms with van der Waals surface area (Å²) in [4.78, 5) is 17.9. The van der Waals surface area contributed by atoms with Crippen molar-refractivity contribution >= 4 is 28.7 Å². The van der Waals surface area contributed by atoms with Crippen LogP contribution in [0.3, 0.4) is 0 Å². The number of hydrogen-bond donors (Lipinski definition) is 0. The third kappa shape index (κ3) is 3.85. The summed E-state index contributed by atoms with van der Waals surface area (Å²) >= 11 is 7.01. The lowest BCUT2D eigenvalue weighted by atomic mass is 10.3. The fourth-order valence-electron chi connectivity index (χ4n) is 1.42. The summed E-state index contributed by atoms with van der Waals surface area (Å²) in [5.41, 5.74) is 0.509. The molecule has 0 atom stereocenters. The first-order valence-electron chi connectivity index (χ1n) is 5.47. The number of hydrogen-bond acceptors (Lipinski definition) is 4. The third-order valence-corrected chi connectivity index (χ3v) is 3.65. The van der Waals surface area contributed by atoms with E-state index in [2.05, 4.69) is 23.7 Å². The Bertz CT molecular complexity index is 336. The van der Waals surface area contributed by atoms with Gasteiger partial charge in [0.25, 0.3) is 0 Å². The summed E-state index contributed by atoms with van der Waals surface area (Å²) in [6.45, 7) is 7.39. The van der Waals surface area contributed by atoms with E-state index >= 15 is 0 Å². The largest absolute Gasteiger partial charge is 0.303 e. The lowest BCUT2D eigenvalue weighted by Crippen LogP contribution is -2.25. The molecule has 1 aromatic rings. The van der Waals surface area contributed by atoms with Crippen LogP contribution in [0.15, 0.2) is 5.38 Å². The fourth-order valence-corrected chi connectivity index (χ4v) is 2.34. The van der Waals surface area contributed by atoms with Crippen molar-refractivity contribution in [1.82, 2.24) is 9.88 Å². The zero-order valence-electron chi connectivity index (χ0n) is 9.70. The molecule has 0 saturated heterocycles. The normalized spacial score (nSPS) is 11.0. The van der Waals surface area contributed by atoms with E-state index in [1.807, 2.05) is 0 Å². The Labute approximate surface area is 105 Å². The van der Waals surface area contributed by atoms with Crippen LogP contribution in [-0.4, -0.2) is 41.2 Å². The van der Waals surface area contributed by atoms with Gasteiger partial charge in [0.05, 0.1) is 10.9 Å². The van der Waals surface area contributed by atoms with Gasteiger partial charge in [0.1, 0.15) is 5.69 Å². The molecule has 0 unspecified atom stereocenters. The van der Waals surface area contributed by atoms with Gasteiger partial charge in [-0.1, -0.05) is 13.8 Å². The van der Waals surface area contributed by atoms with Gasteiger partial charge >= 0.3 is 0 Å². The zero-order valence-corrected chi connectivity index (χ0v) is 11.3. The van der Waals surface area contributed by atoms with Gasteiger partial charge in [0.2, 0.25) is 0 Å². The van der Waals surface area contributed by atoms with E-state index in [1.54, 1.807) is 5.38 Å². The van der Waals surface area contributed by atoms with Crippen molar-refractivity contribution < 1.29 is 4.79 Å². The standard InChI is InChI=1S/C11H17ClN2OS/c1-3-14(4-2)6-5-11-13-9(8-16-11)10(15)7-12/h8H,3-7H2,1-2H3. The molecule has 0 aliphatic rings. The van der Waals surface area contributed by atoms with Crippen molar-refractivity contribution in [3.8, 4) is 0 Å². The summed E-state index contributed by atoms with van der Waals surface area (Å²) in [5.74, 6) is -0.0776. The van der Waals surface area contributed by atoms with Crippen LogP contribution in [0.2, 0.25) is 0 Å². The quantitative estimate of drug-likeness (QED) is 0.558. The first-order valence-corrected chi connectivity index (χ1v) is 6.88. The predicted molar refractivity (Wildman–Crippen MR) is 68.7 cm³/mol. The molecule has 16 heavy (non-hydrogen) atoms. The maximum Gasteiger partial charge on any atom is 0.196 e. The highest BCUT2D eigenvalue weighted by atomic mass is 35.5. The van der Waals surface area contributed by atoms with Gasteiger partial charge in [-0.05, 0) is 13.1 Å². The summed E-state index contributed by atoms with van der Waals surface area (Å²) in [7, 11) is 0. The zero-order chi connectivity index (χ0) is 12.0. The minimum atomic E-state index is -0.0907. The molecule has 0 fully saturated rings. The monoisotopic (exact) mass is 260 g/mol. The van der Waals surface area contributed by atoms with E-state index in [0.29, 0.717) is 5.69 Å². The molecule has 0 aliphatic carbocycles. The third-order valence-electron chi connectivity index (χ3n) is 2.50. The number of rotatable bonds is 7. The average Bonchev–Trinajstić information content (AvgIpc) is 2.78. The van der Waals surface area contributed by atoms with Gasteiger partial charge < -0.3 is 4.90 Å². The van der Waals surface area contributed by atoms with E-state index in [-0.39, 0.29) is 11.7 Å². The van der Waals surface area contributed by atoms with Crippen LogP contribution in [-0.2, 0) is 6.42 Å². The Hall–Kier alpha value is -0.450. The van der Waals surface area contributed by atoms with E-state index in [1.165, 1.54) is 11.3 Å². The van der Waals surface area contributed by atoms with Gasteiger partial charge in [-0.2, -0.15) is 0 Å². The molecule has 0 radical (unpaired) electrons. The maximum absolute atomic E-state index is 11.3. The molecule has 3 nitrogen and oxygen atoms in total. The van der Waals surface area contributed by atoms with Crippen molar-refractivity contribution in [3.05, 3.63) is 16.1 Å².